The summed E-state index contributed by atoms with van der Waals surface area (Å²) in [5, 5.41) is 30.2. The van der Waals surface area contributed by atoms with Crippen LogP contribution in [-0.2, 0) is 9.47 Å². The minimum atomic E-state index is -0.130. The molecule has 0 radical (unpaired) electrons. The molecule has 6 rings (SSSR count). The van der Waals surface area contributed by atoms with Crippen LogP contribution in [0.2, 0.25) is 0 Å². The fraction of sp³-hybridized carbons (Fsp3) is 0.425. The van der Waals surface area contributed by atoms with E-state index in [9.17, 15) is 15.3 Å². The van der Waals surface area contributed by atoms with Gasteiger partial charge in [-0.1, -0.05) is 69.2 Å². The number of hydrogen-bond acceptors (Lipinski definition) is 9. The van der Waals surface area contributed by atoms with E-state index < -0.39 is 0 Å². The van der Waals surface area contributed by atoms with Crippen molar-refractivity contribution in [3.05, 3.63) is 70.8 Å². The van der Waals surface area contributed by atoms with E-state index in [2.05, 4.69) is 74.2 Å². The van der Waals surface area contributed by atoms with Crippen molar-refractivity contribution in [1.29, 1.82) is 0 Å². The van der Waals surface area contributed by atoms with Crippen molar-refractivity contribution in [2.75, 3.05) is 26.1 Å². The van der Waals surface area contributed by atoms with Crippen LogP contribution in [0.3, 0.4) is 0 Å². The smallest absolute Gasteiger partial charge is 0.227 e. The first-order chi connectivity index (χ1) is 22.6. The molecule has 0 amide bonds. The normalized spacial score (nSPS) is 17.1. The topological polar surface area (TPSA) is 140 Å². The highest BCUT2D eigenvalue weighted by Crippen LogP contribution is 2.52. The van der Waals surface area contributed by atoms with Crippen LogP contribution in [0.1, 0.15) is 80.4 Å². The van der Waals surface area contributed by atoms with Gasteiger partial charge in [0.05, 0.1) is 20.3 Å². The van der Waals surface area contributed by atoms with Gasteiger partial charge in [-0.15, -0.1) is 0 Å². The number of fused-ring (bicyclic) bond motifs is 1. The number of nitrogens with zero attached hydrogens (tertiary/aromatic N) is 1. The van der Waals surface area contributed by atoms with Crippen LogP contribution < -0.4 is 10.5 Å². The van der Waals surface area contributed by atoms with Gasteiger partial charge < -0.3 is 39.7 Å². The molecule has 0 spiro atoms. The summed E-state index contributed by atoms with van der Waals surface area (Å²) >= 11 is 0. The molecule has 262 valence electrons. The average Bonchev–Trinajstić information content (AvgIpc) is 3.68. The average molecular weight is 671 g/mol. The zero-order chi connectivity index (χ0) is 36.3. The second kappa shape index (κ2) is 12.3. The monoisotopic (exact) mass is 670 g/mol. The van der Waals surface area contributed by atoms with E-state index in [1.165, 1.54) is 23.3 Å². The van der Waals surface area contributed by atoms with Crippen molar-refractivity contribution in [3.8, 4) is 34.5 Å². The van der Waals surface area contributed by atoms with Crippen LogP contribution in [-0.4, -0.2) is 40.6 Å². The summed E-state index contributed by atoms with van der Waals surface area (Å²) in [4.78, 5) is 4.49. The lowest BCUT2D eigenvalue weighted by Crippen LogP contribution is -2.24. The number of benzene rings is 3. The number of anilines is 1. The van der Waals surface area contributed by atoms with E-state index in [4.69, 9.17) is 24.4 Å². The second-order valence-electron chi connectivity index (χ2n) is 16.3. The molecule has 9 nitrogen and oxygen atoms in total. The molecule has 0 saturated carbocycles. The molecule has 4 aromatic rings. The number of aromatic hydroxyl groups is 3. The fourth-order valence-electron chi connectivity index (χ4n) is 7.33. The number of phenols is 3. The molecular weight excluding hydrogens is 620 g/mol. The van der Waals surface area contributed by atoms with Gasteiger partial charge in [0.1, 0.15) is 40.2 Å². The minimum absolute atomic E-state index is 0.0103. The first-order valence-electron chi connectivity index (χ1n) is 16.5. The largest absolute Gasteiger partial charge is 0.506 e. The molecule has 0 bridgehead atoms. The Kier molecular flexibility index (Phi) is 8.89. The predicted octanol–water partition coefficient (Wildman–Crippen LogP) is 9.52. The van der Waals surface area contributed by atoms with Gasteiger partial charge in [0.25, 0.3) is 0 Å². The Balaban J connectivity index is 0.000000205. The molecule has 2 aliphatic heterocycles. The zero-order valence-corrected chi connectivity index (χ0v) is 30.5. The van der Waals surface area contributed by atoms with Gasteiger partial charge in [-0.05, 0) is 70.5 Å². The second-order valence-corrected chi connectivity index (χ2v) is 16.3. The molecule has 1 aromatic heterocycles. The molecular formula is C40H50N2O7. The third-order valence-electron chi connectivity index (χ3n) is 8.93. The molecule has 9 heteroatoms. The summed E-state index contributed by atoms with van der Waals surface area (Å²) in [5.74, 6) is 2.58. The van der Waals surface area contributed by atoms with Gasteiger partial charge >= 0.3 is 0 Å². The van der Waals surface area contributed by atoms with Crippen molar-refractivity contribution in [3.63, 3.8) is 0 Å². The number of phenolic OH excluding ortho intramolecular Hbond substituents is 3. The highest BCUT2D eigenvalue weighted by atomic mass is 16.5. The Bertz CT molecular complexity index is 1930. The highest BCUT2D eigenvalue weighted by molar-refractivity contribution is 5.86. The number of nitrogens with two attached hydrogens (primary N) is 1. The number of aromatic nitrogens is 1. The molecule has 3 heterocycles. The molecule has 5 N–H and O–H groups in total. The van der Waals surface area contributed by atoms with Crippen LogP contribution in [0.15, 0.2) is 64.1 Å². The van der Waals surface area contributed by atoms with Gasteiger partial charge in [-0.3, -0.25) is 0 Å². The fourth-order valence-corrected chi connectivity index (χ4v) is 7.33. The van der Waals surface area contributed by atoms with Gasteiger partial charge in [-0.2, -0.15) is 0 Å². The number of hydrogen-bond donors (Lipinski definition) is 4. The maximum atomic E-state index is 10.7. The van der Waals surface area contributed by atoms with E-state index in [-0.39, 0.29) is 44.6 Å². The van der Waals surface area contributed by atoms with Gasteiger partial charge in [0.2, 0.25) is 5.89 Å². The number of oxazole rings is 1. The number of nitrogen functional groups attached to an aromatic ring is 1. The summed E-state index contributed by atoms with van der Waals surface area (Å²) in [5.41, 5.74) is 10.9. The van der Waals surface area contributed by atoms with Crippen molar-refractivity contribution < 1.29 is 33.9 Å². The zero-order valence-electron chi connectivity index (χ0n) is 30.5. The molecule has 0 unspecified atom stereocenters. The molecule has 49 heavy (non-hydrogen) atoms. The van der Waals surface area contributed by atoms with Crippen molar-refractivity contribution in [1.82, 2.24) is 4.98 Å². The summed E-state index contributed by atoms with van der Waals surface area (Å²) in [6.45, 7) is 22.8. The third-order valence-corrected chi connectivity index (χ3v) is 8.93. The van der Waals surface area contributed by atoms with Crippen molar-refractivity contribution >= 4 is 28.3 Å². The quantitative estimate of drug-likeness (QED) is 0.123. The Labute approximate surface area is 289 Å². The number of methoxy groups -OCH3 is 1. The van der Waals surface area contributed by atoms with E-state index in [1.54, 1.807) is 13.2 Å². The summed E-state index contributed by atoms with van der Waals surface area (Å²) in [7, 11) is 1.63. The van der Waals surface area contributed by atoms with Crippen molar-refractivity contribution in [2.24, 2.45) is 21.7 Å². The van der Waals surface area contributed by atoms with Gasteiger partial charge in [0, 0.05) is 27.5 Å². The molecule has 3 aromatic carbocycles. The lowest BCUT2D eigenvalue weighted by Gasteiger charge is -2.30. The predicted molar refractivity (Wildman–Crippen MR) is 194 cm³/mol. The van der Waals surface area contributed by atoms with Gasteiger partial charge in [0.15, 0.2) is 11.1 Å². The molecule has 0 fully saturated rings. The van der Waals surface area contributed by atoms with Crippen LogP contribution in [0, 0.1) is 21.7 Å². The highest BCUT2D eigenvalue weighted by Gasteiger charge is 2.42. The van der Waals surface area contributed by atoms with Crippen LogP contribution in [0.25, 0.3) is 34.1 Å². The van der Waals surface area contributed by atoms with Crippen LogP contribution in [0.4, 0.5) is 5.69 Å². The number of rotatable bonds is 4. The van der Waals surface area contributed by atoms with E-state index in [1.807, 2.05) is 30.3 Å². The molecule has 0 saturated heterocycles. The van der Waals surface area contributed by atoms with Gasteiger partial charge in [-0.25, -0.2) is 4.98 Å². The van der Waals surface area contributed by atoms with Crippen molar-refractivity contribution in [2.45, 2.75) is 69.2 Å². The maximum absolute atomic E-state index is 10.7. The van der Waals surface area contributed by atoms with Crippen LogP contribution >= 0.6 is 0 Å². The summed E-state index contributed by atoms with van der Waals surface area (Å²) in [6, 6.07) is 14.2. The van der Waals surface area contributed by atoms with E-state index in [0.717, 1.165) is 28.4 Å². The molecule has 0 atom stereocenters. The SMILES string of the molecule is CC(C)(C)C1=C(c2cc(O)c(N)c(O)c2)OCC1(C)C.COc1ccc(-c2nc3c(O)cc(C4=C(C(C)(C)C)C(C)(C)CO4)cc3o2)cc1. The first-order valence-corrected chi connectivity index (χ1v) is 16.5. The minimum Gasteiger partial charge on any atom is -0.506 e. The Hall–Kier alpha value is -4.79. The Morgan fingerprint density at radius 2 is 1.14 bits per heavy atom. The lowest BCUT2D eigenvalue weighted by atomic mass is 9.71. The van der Waals surface area contributed by atoms with E-state index in [0.29, 0.717) is 35.8 Å². The van der Waals surface area contributed by atoms with E-state index >= 15 is 0 Å². The maximum Gasteiger partial charge on any atom is 0.227 e. The Morgan fingerprint density at radius 3 is 1.59 bits per heavy atom. The first kappa shape index (κ1) is 35.5. The molecule has 2 aliphatic rings. The Morgan fingerprint density at radius 1 is 0.694 bits per heavy atom. The molecule has 0 aliphatic carbocycles. The third kappa shape index (κ3) is 6.89. The lowest BCUT2D eigenvalue weighted by molar-refractivity contribution is 0.213. The number of ether oxygens (including phenoxy) is 3. The summed E-state index contributed by atoms with van der Waals surface area (Å²) < 4.78 is 23.2. The standard InChI is InChI=1S/C24H27NO4.C16H23NO3/c1-23(2,3)21-20(28-13-24(21,4)5)15-11-17(26)19-18(12-15)29-22(25-19)14-7-9-16(27-6)10-8-14;1-15(2,3)14-13(20-8-16(14,4)5)9-6-10(18)12(17)11(19)7-9/h7-12,26H,13H2,1-6H3;6-7,18-19H,8,17H2,1-5H3. The van der Waals surface area contributed by atoms with Crippen LogP contribution in [0.5, 0.6) is 23.0 Å². The summed E-state index contributed by atoms with van der Waals surface area (Å²) in [6.07, 6.45) is 0.